The molecule has 64 valence electrons. The third-order valence-corrected chi connectivity index (χ3v) is 1.58. The Balaban J connectivity index is 2.75. The van der Waals surface area contributed by atoms with Gasteiger partial charge in [-0.3, -0.25) is 10.3 Å². The van der Waals surface area contributed by atoms with Gasteiger partial charge in [-0.25, -0.2) is 0 Å². The van der Waals surface area contributed by atoms with Gasteiger partial charge in [0.2, 0.25) is 0 Å². The van der Waals surface area contributed by atoms with E-state index in [1.807, 2.05) is 49.5 Å². The number of allylic oxidation sites excluding steroid dienone is 7. The molecule has 0 amide bonds. The van der Waals surface area contributed by atoms with Crippen molar-refractivity contribution < 1.29 is 5.21 Å². The van der Waals surface area contributed by atoms with Gasteiger partial charge in [0.1, 0.15) is 0 Å². The van der Waals surface area contributed by atoms with Gasteiger partial charge in [-0.15, -0.1) is 0 Å². The van der Waals surface area contributed by atoms with Crippen LogP contribution in [-0.2, 0) is 0 Å². The smallest absolute Gasteiger partial charge is 0.0633 e. The number of hydrogen-bond donors (Lipinski definition) is 1. The summed E-state index contributed by atoms with van der Waals surface area (Å²) >= 11 is 0. The van der Waals surface area contributed by atoms with Gasteiger partial charge in [0.05, 0.1) is 5.70 Å². The number of likely N-dealkylation sites (N-methyl/N-ethyl adjacent to an activating group) is 1. The average molecular weight is 163 g/mol. The van der Waals surface area contributed by atoms with Crippen LogP contribution in [0, 0.1) is 0 Å². The molecule has 0 spiro atoms. The summed E-state index contributed by atoms with van der Waals surface area (Å²) in [5, 5.41) is 10.6. The Labute approximate surface area is 72.8 Å². The van der Waals surface area contributed by atoms with E-state index in [4.69, 9.17) is 0 Å². The Morgan fingerprint density at radius 1 is 1.17 bits per heavy atom. The second-order valence-electron chi connectivity index (χ2n) is 2.44. The highest BCUT2D eigenvalue weighted by molar-refractivity contribution is 5.29. The molecule has 12 heavy (non-hydrogen) atoms. The lowest BCUT2D eigenvalue weighted by molar-refractivity contribution is -0.0459. The molecule has 0 aromatic heterocycles. The van der Waals surface area contributed by atoms with Crippen LogP contribution in [0.25, 0.3) is 0 Å². The highest BCUT2D eigenvalue weighted by Crippen LogP contribution is 2.04. The summed E-state index contributed by atoms with van der Waals surface area (Å²) in [4.78, 5) is 0. The molecule has 1 N–H and O–H groups in total. The lowest BCUT2D eigenvalue weighted by Gasteiger charge is -2.14. The van der Waals surface area contributed by atoms with E-state index in [2.05, 4.69) is 0 Å². The van der Waals surface area contributed by atoms with E-state index in [9.17, 15) is 5.21 Å². The lowest BCUT2D eigenvalue weighted by atomic mass is 10.2. The molecule has 2 nitrogen and oxygen atoms in total. The van der Waals surface area contributed by atoms with Gasteiger partial charge in [0, 0.05) is 6.54 Å². The van der Waals surface area contributed by atoms with Crippen LogP contribution in [0.2, 0.25) is 0 Å². The Bertz CT molecular complexity index is 249. The molecule has 1 aliphatic rings. The van der Waals surface area contributed by atoms with E-state index in [0.29, 0.717) is 6.54 Å². The zero-order valence-corrected chi connectivity index (χ0v) is 7.14. The Kier molecular flexibility index (Phi) is 3.35. The quantitative estimate of drug-likeness (QED) is 0.631. The zero-order valence-electron chi connectivity index (χ0n) is 7.14. The van der Waals surface area contributed by atoms with Crippen LogP contribution in [0.3, 0.4) is 0 Å². The summed E-state index contributed by atoms with van der Waals surface area (Å²) in [6.07, 6.45) is 13.3. The monoisotopic (exact) mass is 163 g/mol. The molecule has 0 bridgehead atoms. The van der Waals surface area contributed by atoms with Crippen molar-refractivity contribution in [2.24, 2.45) is 0 Å². The summed E-state index contributed by atoms with van der Waals surface area (Å²) < 4.78 is 0. The molecule has 0 aromatic rings. The Morgan fingerprint density at radius 3 is 2.58 bits per heavy atom. The maximum absolute atomic E-state index is 9.36. The predicted molar refractivity (Wildman–Crippen MR) is 49.7 cm³/mol. The molecule has 0 aliphatic heterocycles. The fourth-order valence-corrected chi connectivity index (χ4v) is 0.911. The minimum Gasteiger partial charge on any atom is -0.288 e. The largest absolute Gasteiger partial charge is 0.288 e. The molecular weight excluding hydrogens is 150 g/mol. The fraction of sp³-hybridized carbons (Fsp3) is 0.200. The van der Waals surface area contributed by atoms with Crippen LogP contribution in [0.5, 0.6) is 0 Å². The first-order valence-electron chi connectivity index (χ1n) is 4.02. The predicted octanol–water partition coefficient (Wildman–Crippen LogP) is 2.26. The van der Waals surface area contributed by atoms with E-state index in [-0.39, 0.29) is 0 Å². The van der Waals surface area contributed by atoms with Crippen LogP contribution in [0.4, 0.5) is 0 Å². The first-order valence-corrected chi connectivity index (χ1v) is 4.02. The molecule has 0 aromatic carbocycles. The molecule has 0 heterocycles. The molecule has 0 saturated carbocycles. The topological polar surface area (TPSA) is 23.5 Å². The van der Waals surface area contributed by atoms with E-state index in [0.717, 1.165) is 5.70 Å². The maximum Gasteiger partial charge on any atom is 0.0633 e. The van der Waals surface area contributed by atoms with Crippen LogP contribution in [-0.4, -0.2) is 16.8 Å². The van der Waals surface area contributed by atoms with Gasteiger partial charge in [-0.05, 0) is 19.1 Å². The Hall–Kier alpha value is -1.28. The van der Waals surface area contributed by atoms with Crippen molar-refractivity contribution in [2.75, 3.05) is 6.54 Å². The van der Waals surface area contributed by atoms with Crippen LogP contribution in [0.15, 0.2) is 48.2 Å². The van der Waals surface area contributed by atoms with Gasteiger partial charge in [-0.1, -0.05) is 30.4 Å². The first-order chi connectivity index (χ1) is 5.84. The van der Waals surface area contributed by atoms with Gasteiger partial charge in [0.15, 0.2) is 0 Å². The van der Waals surface area contributed by atoms with E-state index >= 15 is 0 Å². The SMILES string of the molecule is CCN(O)C1=C/C=C\C=C/C=C1. The van der Waals surface area contributed by atoms with Crippen molar-refractivity contribution in [2.45, 2.75) is 6.92 Å². The zero-order chi connectivity index (χ0) is 8.81. The third-order valence-electron chi connectivity index (χ3n) is 1.58. The van der Waals surface area contributed by atoms with Crippen molar-refractivity contribution >= 4 is 0 Å². The normalized spacial score (nSPS) is 20.7. The van der Waals surface area contributed by atoms with Crippen molar-refractivity contribution in [3.8, 4) is 0 Å². The second kappa shape index (κ2) is 4.57. The minimum atomic E-state index is 0.591. The lowest BCUT2D eigenvalue weighted by Crippen LogP contribution is -2.16. The fourth-order valence-electron chi connectivity index (χ4n) is 0.911. The number of hydroxylamine groups is 2. The molecule has 1 aliphatic carbocycles. The molecular formula is C10H13NO. The van der Waals surface area contributed by atoms with E-state index in [1.165, 1.54) is 5.06 Å². The summed E-state index contributed by atoms with van der Waals surface area (Å²) in [6.45, 7) is 2.49. The van der Waals surface area contributed by atoms with E-state index < -0.39 is 0 Å². The van der Waals surface area contributed by atoms with Gasteiger partial charge >= 0.3 is 0 Å². The highest BCUT2D eigenvalue weighted by Gasteiger charge is 1.97. The molecule has 2 heteroatoms. The number of rotatable bonds is 2. The molecule has 0 unspecified atom stereocenters. The van der Waals surface area contributed by atoms with E-state index in [1.54, 1.807) is 0 Å². The van der Waals surface area contributed by atoms with Crippen LogP contribution in [0.1, 0.15) is 6.92 Å². The number of nitrogens with zero attached hydrogens (tertiary/aromatic N) is 1. The Morgan fingerprint density at radius 2 is 1.83 bits per heavy atom. The first kappa shape index (κ1) is 8.81. The molecule has 0 atom stereocenters. The summed E-state index contributed by atoms with van der Waals surface area (Å²) in [5.74, 6) is 0. The van der Waals surface area contributed by atoms with Crippen LogP contribution >= 0.6 is 0 Å². The molecule has 1 rings (SSSR count). The number of hydrogen-bond acceptors (Lipinski definition) is 2. The second-order valence-corrected chi connectivity index (χ2v) is 2.44. The maximum atomic E-state index is 9.36. The average Bonchev–Trinajstić information content (AvgIpc) is 2.02. The van der Waals surface area contributed by atoms with Gasteiger partial charge < -0.3 is 0 Å². The summed E-state index contributed by atoms with van der Waals surface area (Å²) in [6, 6.07) is 0. The van der Waals surface area contributed by atoms with Gasteiger partial charge in [0.25, 0.3) is 0 Å². The van der Waals surface area contributed by atoms with Gasteiger partial charge in [-0.2, -0.15) is 0 Å². The van der Waals surface area contributed by atoms with Crippen LogP contribution < -0.4 is 0 Å². The standard InChI is InChI=1S/C10H13NO/c1-2-11(12)10-8-6-4-3-5-7-9-10/h3-9,12H,2H2,1H3/b4-3-,5-3?,6-4?,7-5-,8-6?,9-7?,10-8?,10-9?. The van der Waals surface area contributed by atoms with Crippen molar-refractivity contribution in [1.29, 1.82) is 0 Å². The molecule has 0 fully saturated rings. The third kappa shape index (κ3) is 2.40. The minimum absolute atomic E-state index is 0.591. The summed E-state index contributed by atoms with van der Waals surface area (Å²) in [5.41, 5.74) is 0.804. The summed E-state index contributed by atoms with van der Waals surface area (Å²) in [7, 11) is 0. The van der Waals surface area contributed by atoms with Crippen molar-refractivity contribution in [3.05, 3.63) is 48.2 Å². The van der Waals surface area contributed by atoms with Crippen molar-refractivity contribution in [3.63, 3.8) is 0 Å². The highest BCUT2D eigenvalue weighted by atomic mass is 16.5. The molecule has 0 radical (unpaired) electrons. The van der Waals surface area contributed by atoms with Crippen molar-refractivity contribution in [1.82, 2.24) is 5.06 Å². The molecule has 0 saturated heterocycles.